The average Bonchev–Trinajstić information content (AvgIpc) is 2.73. The second-order valence-corrected chi connectivity index (χ2v) is 5.02. The van der Waals surface area contributed by atoms with Gasteiger partial charge in [-0.1, -0.05) is 15.9 Å². The van der Waals surface area contributed by atoms with Crippen LogP contribution in [0, 0.1) is 6.92 Å². The van der Waals surface area contributed by atoms with E-state index >= 15 is 0 Å². The molecule has 0 fully saturated rings. The van der Waals surface area contributed by atoms with Gasteiger partial charge in [-0.25, -0.2) is 0 Å². The summed E-state index contributed by atoms with van der Waals surface area (Å²) in [7, 11) is 3.61. The predicted octanol–water partition coefficient (Wildman–Crippen LogP) is 3.11. The van der Waals surface area contributed by atoms with E-state index < -0.39 is 0 Å². The molecule has 2 aromatic rings. The molecule has 96 valence electrons. The molecule has 0 radical (unpaired) electrons. The first-order valence-corrected chi connectivity index (χ1v) is 6.46. The second-order valence-electron chi connectivity index (χ2n) is 4.10. The Kier molecular flexibility index (Phi) is 3.91. The van der Waals surface area contributed by atoms with Crippen molar-refractivity contribution >= 4 is 21.6 Å². The molecule has 1 N–H and O–H groups in total. The number of ether oxygens (including phenoxy) is 1. The predicted molar refractivity (Wildman–Crippen MR) is 76.0 cm³/mol. The fourth-order valence-corrected chi connectivity index (χ4v) is 2.40. The van der Waals surface area contributed by atoms with E-state index in [0.717, 1.165) is 33.7 Å². The molecule has 0 aliphatic carbocycles. The first-order chi connectivity index (χ1) is 8.61. The Balaban J connectivity index is 2.21. The lowest BCUT2D eigenvalue weighted by molar-refractivity contribution is 0.416. The number of anilines is 1. The molecule has 0 amide bonds. The third-order valence-electron chi connectivity index (χ3n) is 2.85. The molecule has 1 aromatic carbocycles. The monoisotopic (exact) mass is 309 g/mol. The fraction of sp³-hybridized carbons (Fsp3) is 0.308. The summed E-state index contributed by atoms with van der Waals surface area (Å²) in [5, 5.41) is 7.54. The highest BCUT2D eigenvalue weighted by molar-refractivity contribution is 9.10. The van der Waals surface area contributed by atoms with Gasteiger partial charge < -0.3 is 10.1 Å². The minimum Gasteiger partial charge on any atom is -0.495 e. The summed E-state index contributed by atoms with van der Waals surface area (Å²) in [6.07, 6.45) is 1.79. The topological polar surface area (TPSA) is 39.1 Å². The van der Waals surface area contributed by atoms with Crippen LogP contribution < -0.4 is 10.1 Å². The maximum atomic E-state index is 5.39. The molecule has 4 nitrogen and oxygen atoms in total. The molecular weight excluding hydrogens is 294 g/mol. The van der Waals surface area contributed by atoms with Crippen LogP contribution in [-0.2, 0) is 13.6 Å². The summed E-state index contributed by atoms with van der Waals surface area (Å²) >= 11 is 3.47. The zero-order chi connectivity index (χ0) is 13.1. The van der Waals surface area contributed by atoms with Crippen LogP contribution in [0.4, 0.5) is 5.69 Å². The third kappa shape index (κ3) is 2.67. The minimum absolute atomic E-state index is 0.718. The van der Waals surface area contributed by atoms with Crippen LogP contribution >= 0.6 is 15.9 Å². The van der Waals surface area contributed by atoms with Crippen LogP contribution in [0.15, 0.2) is 28.9 Å². The number of benzene rings is 1. The zero-order valence-electron chi connectivity index (χ0n) is 10.7. The maximum absolute atomic E-state index is 5.39. The number of halogens is 1. The number of aromatic nitrogens is 2. The number of nitrogens with one attached hydrogen (secondary N) is 1. The molecule has 1 aromatic heterocycles. The van der Waals surface area contributed by atoms with Crippen molar-refractivity contribution in [2.24, 2.45) is 7.05 Å². The van der Waals surface area contributed by atoms with E-state index in [4.69, 9.17) is 4.74 Å². The summed E-state index contributed by atoms with van der Waals surface area (Å²) in [5.74, 6) is 0.837. The van der Waals surface area contributed by atoms with Gasteiger partial charge in [0.25, 0.3) is 0 Å². The average molecular weight is 310 g/mol. The van der Waals surface area contributed by atoms with Gasteiger partial charge in [0.2, 0.25) is 0 Å². The molecule has 0 bridgehead atoms. The lowest BCUT2D eigenvalue weighted by Crippen LogP contribution is -2.07. The highest BCUT2D eigenvalue weighted by Crippen LogP contribution is 2.32. The molecule has 18 heavy (non-hydrogen) atoms. The Morgan fingerprint density at radius 2 is 2.22 bits per heavy atom. The van der Waals surface area contributed by atoms with Crippen LogP contribution in [0.25, 0.3) is 0 Å². The number of aryl methyl sites for hydroxylation is 2. The maximum Gasteiger partial charge on any atom is 0.143 e. The zero-order valence-corrected chi connectivity index (χ0v) is 12.3. The van der Waals surface area contributed by atoms with E-state index in [-0.39, 0.29) is 0 Å². The molecule has 0 spiro atoms. The first-order valence-electron chi connectivity index (χ1n) is 5.66. The molecule has 0 aliphatic rings. The standard InChI is InChI=1S/C13H16BrN3O/c1-9-6-10(14)7-12(18-3)13(9)15-8-11-4-5-16-17(11)2/h4-7,15H,8H2,1-3H3. The van der Waals surface area contributed by atoms with Crippen LogP contribution in [0.2, 0.25) is 0 Å². The molecule has 0 saturated heterocycles. The van der Waals surface area contributed by atoms with E-state index in [0.29, 0.717) is 0 Å². The Morgan fingerprint density at radius 1 is 1.44 bits per heavy atom. The van der Waals surface area contributed by atoms with Crippen LogP contribution in [-0.4, -0.2) is 16.9 Å². The quantitative estimate of drug-likeness (QED) is 0.943. The van der Waals surface area contributed by atoms with E-state index in [2.05, 4.69) is 39.3 Å². The normalized spacial score (nSPS) is 10.4. The molecule has 0 unspecified atom stereocenters. The Labute approximate surface area is 115 Å². The van der Waals surface area contributed by atoms with Crippen molar-refractivity contribution in [1.29, 1.82) is 0 Å². The lowest BCUT2D eigenvalue weighted by atomic mass is 10.2. The van der Waals surface area contributed by atoms with Crippen LogP contribution in [0.1, 0.15) is 11.3 Å². The summed E-state index contributed by atoms with van der Waals surface area (Å²) < 4.78 is 8.26. The van der Waals surface area contributed by atoms with E-state index in [1.54, 1.807) is 13.3 Å². The number of methoxy groups -OCH3 is 1. The molecule has 0 aliphatic heterocycles. The highest BCUT2D eigenvalue weighted by Gasteiger charge is 2.08. The van der Waals surface area contributed by atoms with Crippen molar-refractivity contribution in [3.63, 3.8) is 0 Å². The van der Waals surface area contributed by atoms with E-state index in [9.17, 15) is 0 Å². The minimum atomic E-state index is 0.718. The van der Waals surface area contributed by atoms with Crippen molar-refractivity contribution < 1.29 is 4.74 Å². The van der Waals surface area contributed by atoms with Gasteiger partial charge in [-0.2, -0.15) is 5.10 Å². The van der Waals surface area contributed by atoms with Crippen molar-refractivity contribution in [1.82, 2.24) is 9.78 Å². The Morgan fingerprint density at radius 3 is 2.83 bits per heavy atom. The SMILES string of the molecule is COc1cc(Br)cc(C)c1NCc1ccnn1C. The van der Waals surface area contributed by atoms with Gasteiger partial charge >= 0.3 is 0 Å². The summed E-state index contributed by atoms with van der Waals surface area (Å²) in [5.41, 5.74) is 3.28. The molecule has 0 atom stereocenters. The van der Waals surface area contributed by atoms with Gasteiger partial charge in [0.15, 0.2) is 0 Å². The summed E-state index contributed by atoms with van der Waals surface area (Å²) in [6, 6.07) is 6.01. The van der Waals surface area contributed by atoms with Crippen molar-refractivity contribution in [2.75, 3.05) is 12.4 Å². The van der Waals surface area contributed by atoms with Gasteiger partial charge in [-0.05, 0) is 30.7 Å². The lowest BCUT2D eigenvalue weighted by Gasteiger charge is -2.14. The van der Waals surface area contributed by atoms with E-state index in [1.807, 2.05) is 23.9 Å². The molecule has 1 heterocycles. The Bertz CT molecular complexity index is 551. The largest absolute Gasteiger partial charge is 0.495 e. The van der Waals surface area contributed by atoms with Crippen molar-refractivity contribution in [3.05, 3.63) is 40.1 Å². The second kappa shape index (κ2) is 5.44. The number of nitrogens with zero attached hydrogens (tertiary/aromatic N) is 2. The van der Waals surface area contributed by atoms with Gasteiger partial charge in [-0.3, -0.25) is 4.68 Å². The first kappa shape index (κ1) is 13.0. The van der Waals surface area contributed by atoms with Gasteiger partial charge in [-0.15, -0.1) is 0 Å². The highest BCUT2D eigenvalue weighted by atomic mass is 79.9. The third-order valence-corrected chi connectivity index (χ3v) is 3.31. The van der Waals surface area contributed by atoms with Gasteiger partial charge in [0.05, 0.1) is 25.0 Å². The summed E-state index contributed by atoms with van der Waals surface area (Å²) in [4.78, 5) is 0. The van der Waals surface area contributed by atoms with Crippen LogP contribution in [0.5, 0.6) is 5.75 Å². The molecule has 0 saturated carbocycles. The molecule has 2 rings (SSSR count). The van der Waals surface area contributed by atoms with Gasteiger partial charge in [0, 0.05) is 17.7 Å². The Hall–Kier alpha value is -1.49. The number of rotatable bonds is 4. The van der Waals surface area contributed by atoms with E-state index in [1.165, 1.54) is 0 Å². The van der Waals surface area contributed by atoms with Crippen LogP contribution in [0.3, 0.4) is 0 Å². The molecule has 5 heteroatoms. The summed E-state index contributed by atoms with van der Waals surface area (Å²) in [6.45, 7) is 2.77. The van der Waals surface area contributed by atoms with Gasteiger partial charge in [0.1, 0.15) is 5.75 Å². The molecular formula is C13H16BrN3O. The number of hydrogen-bond acceptors (Lipinski definition) is 3. The fourth-order valence-electron chi connectivity index (χ4n) is 1.85. The number of hydrogen-bond donors (Lipinski definition) is 1. The van der Waals surface area contributed by atoms with Crippen molar-refractivity contribution in [3.8, 4) is 5.75 Å². The van der Waals surface area contributed by atoms with Crippen molar-refractivity contribution in [2.45, 2.75) is 13.5 Å². The smallest absolute Gasteiger partial charge is 0.143 e.